The minimum atomic E-state index is -0.537. The van der Waals surface area contributed by atoms with Gasteiger partial charge in [0.15, 0.2) is 0 Å². The molecule has 1 aliphatic carbocycles. The molecule has 0 bridgehead atoms. The van der Waals surface area contributed by atoms with E-state index >= 15 is 0 Å². The third kappa shape index (κ3) is 6.25. The molecule has 1 amide bonds. The van der Waals surface area contributed by atoms with Gasteiger partial charge in [0, 0.05) is 25.5 Å². The highest BCUT2D eigenvalue weighted by atomic mass is 16.5. The van der Waals surface area contributed by atoms with Crippen molar-refractivity contribution in [2.75, 3.05) is 20.3 Å². The molecule has 0 aromatic heterocycles. The lowest BCUT2D eigenvalue weighted by molar-refractivity contribution is -0.147. The van der Waals surface area contributed by atoms with Crippen molar-refractivity contribution >= 4 is 17.8 Å². The molecule has 0 saturated heterocycles. The van der Waals surface area contributed by atoms with Gasteiger partial charge < -0.3 is 19.1 Å². The van der Waals surface area contributed by atoms with Crippen molar-refractivity contribution in [1.29, 1.82) is 0 Å². The Balaban J connectivity index is 2.30. The predicted octanol–water partition coefficient (Wildman–Crippen LogP) is 2.96. The van der Waals surface area contributed by atoms with Gasteiger partial charge in [-0.1, -0.05) is 19.3 Å². The molecule has 0 unspecified atom stereocenters. The van der Waals surface area contributed by atoms with E-state index in [1.165, 1.54) is 13.8 Å². The Bertz CT molecular complexity index is 648. The van der Waals surface area contributed by atoms with E-state index in [0.29, 0.717) is 11.3 Å². The molecule has 0 heterocycles. The van der Waals surface area contributed by atoms with Gasteiger partial charge in [-0.25, -0.2) is 0 Å². The second-order valence-corrected chi connectivity index (χ2v) is 6.99. The summed E-state index contributed by atoms with van der Waals surface area (Å²) in [5.41, 5.74) is 0.516. The second-order valence-electron chi connectivity index (χ2n) is 6.99. The van der Waals surface area contributed by atoms with Gasteiger partial charge in [-0.3, -0.25) is 14.4 Å². The number of nitrogens with zero attached hydrogens (tertiary/aromatic N) is 1. The van der Waals surface area contributed by atoms with E-state index in [2.05, 4.69) is 0 Å². The van der Waals surface area contributed by atoms with Crippen molar-refractivity contribution in [2.24, 2.45) is 0 Å². The standard InChI is InChI=1S/C21H29NO6/c1-15(23)27-13-19(14-28-16(2)24)22(18-7-5-4-6-8-18)21(25)17-9-11-20(26-3)12-10-17/h9-12,18-19H,4-8,13-14H2,1-3H3. The molecule has 0 radical (unpaired) electrons. The maximum absolute atomic E-state index is 13.4. The number of methoxy groups -OCH3 is 1. The molecule has 1 saturated carbocycles. The zero-order valence-electron chi connectivity index (χ0n) is 16.8. The van der Waals surface area contributed by atoms with Crippen molar-refractivity contribution in [3.05, 3.63) is 29.8 Å². The molecule has 7 heteroatoms. The van der Waals surface area contributed by atoms with Crippen molar-refractivity contribution in [1.82, 2.24) is 4.90 Å². The van der Waals surface area contributed by atoms with Gasteiger partial charge in [-0.05, 0) is 37.1 Å². The van der Waals surface area contributed by atoms with Gasteiger partial charge in [0.2, 0.25) is 0 Å². The summed E-state index contributed by atoms with van der Waals surface area (Å²) in [4.78, 5) is 37.8. The zero-order valence-corrected chi connectivity index (χ0v) is 16.8. The van der Waals surface area contributed by atoms with Gasteiger partial charge in [0.25, 0.3) is 5.91 Å². The third-order valence-electron chi connectivity index (χ3n) is 4.89. The van der Waals surface area contributed by atoms with Crippen LogP contribution >= 0.6 is 0 Å². The molecular formula is C21H29NO6. The molecule has 0 atom stereocenters. The van der Waals surface area contributed by atoms with Crippen LogP contribution in [-0.4, -0.2) is 55.2 Å². The first-order valence-electron chi connectivity index (χ1n) is 9.65. The first-order valence-corrected chi connectivity index (χ1v) is 9.65. The quantitative estimate of drug-likeness (QED) is 0.634. The Morgan fingerprint density at radius 1 is 0.964 bits per heavy atom. The third-order valence-corrected chi connectivity index (χ3v) is 4.89. The summed E-state index contributed by atoms with van der Waals surface area (Å²) in [5, 5.41) is 0. The Kier molecular flexibility index (Phi) is 8.29. The topological polar surface area (TPSA) is 82.1 Å². The number of hydrogen-bond donors (Lipinski definition) is 0. The average Bonchev–Trinajstić information content (AvgIpc) is 2.70. The van der Waals surface area contributed by atoms with Crippen molar-refractivity contribution in [3.8, 4) is 5.75 Å². The Hall–Kier alpha value is -2.57. The average molecular weight is 391 g/mol. The minimum absolute atomic E-state index is 0.0129. The van der Waals surface area contributed by atoms with Gasteiger partial charge >= 0.3 is 11.9 Å². The summed E-state index contributed by atoms with van der Waals surface area (Å²) >= 11 is 0. The molecule has 1 aliphatic rings. The Labute approximate surface area is 165 Å². The summed E-state index contributed by atoms with van der Waals surface area (Å²) in [6.45, 7) is 2.61. The normalized spacial score (nSPS) is 14.4. The maximum atomic E-state index is 13.4. The van der Waals surface area contributed by atoms with Gasteiger partial charge in [-0.2, -0.15) is 0 Å². The van der Waals surface area contributed by atoms with Crippen LogP contribution < -0.4 is 4.74 Å². The summed E-state index contributed by atoms with van der Waals surface area (Å²) in [6, 6.07) is 6.38. The Morgan fingerprint density at radius 2 is 1.50 bits per heavy atom. The summed E-state index contributed by atoms with van der Waals surface area (Å²) in [5.74, 6) is -0.377. The van der Waals surface area contributed by atoms with E-state index < -0.39 is 18.0 Å². The van der Waals surface area contributed by atoms with Gasteiger partial charge in [0.1, 0.15) is 25.0 Å². The van der Waals surface area contributed by atoms with Crippen LogP contribution in [0.5, 0.6) is 5.75 Å². The lowest BCUT2D eigenvalue weighted by atomic mass is 9.92. The molecular weight excluding hydrogens is 362 g/mol. The highest BCUT2D eigenvalue weighted by molar-refractivity contribution is 5.94. The number of carbonyl (C=O) groups is 3. The van der Waals surface area contributed by atoms with Crippen LogP contribution in [0.4, 0.5) is 0 Å². The van der Waals surface area contributed by atoms with E-state index in [4.69, 9.17) is 14.2 Å². The molecule has 0 aliphatic heterocycles. The molecule has 0 N–H and O–H groups in total. The number of carbonyl (C=O) groups excluding carboxylic acids is 3. The Morgan fingerprint density at radius 3 is 1.96 bits per heavy atom. The van der Waals surface area contributed by atoms with Crippen molar-refractivity contribution in [3.63, 3.8) is 0 Å². The molecule has 0 spiro atoms. The lowest BCUT2D eigenvalue weighted by Crippen LogP contribution is -2.52. The van der Waals surface area contributed by atoms with E-state index in [-0.39, 0.29) is 25.2 Å². The summed E-state index contributed by atoms with van der Waals surface area (Å²) in [6.07, 6.45) is 4.95. The first kappa shape index (κ1) is 21.7. The fraction of sp³-hybridized carbons (Fsp3) is 0.571. The molecule has 1 aromatic carbocycles. The van der Waals surface area contributed by atoms with Gasteiger partial charge in [0.05, 0.1) is 7.11 Å². The number of benzene rings is 1. The van der Waals surface area contributed by atoms with Crippen LogP contribution in [0.1, 0.15) is 56.3 Å². The molecule has 154 valence electrons. The van der Waals surface area contributed by atoms with E-state index in [9.17, 15) is 14.4 Å². The van der Waals surface area contributed by atoms with Crippen LogP contribution in [0.2, 0.25) is 0 Å². The van der Waals surface area contributed by atoms with Crippen LogP contribution in [0.3, 0.4) is 0 Å². The maximum Gasteiger partial charge on any atom is 0.302 e. The van der Waals surface area contributed by atoms with Crippen LogP contribution in [0, 0.1) is 0 Å². The highest BCUT2D eigenvalue weighted by Gasteiger charge is 2.33. The second kappa shape index (κ2) is 10.7. The van der Waals surface area contributed by atoms with Gasteiger partial charge in [-0.15, -0.1) is 0 Å². The minimum Gasteiger partial charge on any atom is -0.497 e. The van der Waals surface area contributed by atoms with Crippen LogP contribution in [0.15, 0.2) is 24.3 Å². The van der Waals surface area contributed by atoms with Crippen LogP contribution in [0.25, 0.3) is 0 Å². The monoisotopic (exact) mass is 391 g/mol. The summed E-state index contributed by atoms with van der Waals surface area (Å²) in [7, 11) is 1.57. The zero-order chi connectivity index (χ0) is 20.5. The SMILES string of the molecule is COc1ccc(C(=O)N(C2CCCCC2)C(COC(C)=O)COC(C)=O)cc1. The molecule has 1 fully saturated rings. The molecule has 1 aromatic rings. The lowest BCUT2D eigenvalue weighted by Gasteiger charge is -2.39. The number of rotatable bonds is 8. The van der Waals surface area contributed by atoms with Crippen LogP contribution in [-0.2, 0) is 19.1 Å². The number of amides is 1. The number of hydrogen-bond acceptors (Lipinski definition) is 6. The fourth-order valence-electron chi connectivity index (χ4n) is 3.51. The smallest absolute Gasteiger partial charge is 0.302 e. The highest BCUT2D eigenvalue weighted by Crippen LogP contribution is 2.27. The number of esters is 2. The molecule has 28 heavy (non-hydrogen) atoms. The van der Waals surface area contributed by atoms with E-state index in [1.807, 2.05) is 0 Å². The number of ether oxygens (including phenoxy) is 3. The van der Waals surface area contributed by atoms with Crippen molar-refractivity contribution < 1.29 is 28.6 Å². The predicted molar refractivity (Wildman–Crippen MR) is 103 cm³/mol. The first-order chi connectivity index (χ1) is 13.4. The van der Waals surface area contributed by atoms with E-state index in [1.54, 1.807) is 36.3 Å². The van der Waals surface area contributed by atoms with E-state index in [0.717, 1.165) is 32.1 Å². The molecule has 7 nitrogen and oxygen atoms in total. The van der Waals surface area contributed by atoms with Crippen molar-refractivity contribution in [2.45, 2.75) is 58.0 Å². The summed E-state index contributed by atoms with van der Waals surface area (Å²) < 4.78 is 15.5. The fourth-order valence-corrected chi connectivity index (χ4v) is 3.51. The largest absolute Gasteiger partial charge is 0.497 e. The molecule has 2 rings (SSSR count).